The lowest BCUT2D eigenvalue weighted by Gasteiger charge is -2.22. The summed E-state index contributed by atoms with van der Waals surface area (Å²) in [4.78, 5) is 25.0. The molecule has 1 fully saturated rings. The number of halogens is 1. The van der Waals surface area contributed by atoms with Crippen LogP contribution in [0.3, 0.4) is 0 Å². The highest BCUT2D eigenvalue weighted by atomic mass is 35.5. The molecular weight excluding hydrogens is 346 g/mol. The molecule has 0 unspecified atom stereocenters. The maximum Gasteiger partial charge on any atom is 0.407 e. The molecule has 4 N–H and O–H groups in total. The van der Waals surface area contributed by atoms with Crippen LogP contribution in [0.1, 0.15) is 43.1 Å². The molecule has 1 heterocycles. The first-order valence-electron chi connectivity index (χ1n) is 8.08. The topological polar surface area (TPSA) is 105 Å². The molecule has 1 aliphatic rings. The Hall–Kier alpha value is -1.99. The van der Waals surface area contributed by atoms with Gasteiger partial charge in [0.15, 0.2) is 0 Å². The Morgan fingerprint density at radius 3 is 2.72 bits per heavy atom. The van der Waals surface area contributed by atoms with Gasteiger partial charge in [-0.15, -0.1) is 0 Å². The number of nitrogens with one attached hydrogen (secondary N) is 1. The number of carbonyl (C=O) groups is 2. The van der Waals surface area contributed by atoms with Crippen LogP contribution in [-0.2, 0) is 11.3 Å². The average molecular weight is 370 g/mol. The van der Waals surface area contributed by atoms with Crippen LogP contribution < -0.4 is 11.1 Å². The molecule has 1 saturated heterocycles. The van der Waals surface area contributed by atoms with E-state index in [-0.39, 0.29) is 17.3 Å². The number of benzene rings is 1. The van der Waals surface area contributed by atoms with E-state index in [1.165, 1.54) is 6.07 Å². The minimum absolute atomic E-state index is 0.000333. The van der Waals surface area contributed by atoms with Gasteiger partial charge in [-0.05, 0) is 44.9 Å². The van der Waals surface area contributed by atoms with Crippen molar-refractivity contribution < 1.29 is 19.4 Å². The molecule has 8 heteroatoms. The largest absolute Gasteiger partial charge is 0.478 e. The first-order valence-corrected chi connectivity index (χ1v) is 8.46. The molecule has 138 valence electrons. The summed E-state index contributed by atoms with van der Waals surface area (Å²) >= 11 is 6.18. The minimum atomic E-state index is -1.10. The summed E-state index contributed by atoms with van der Waals surface area (Å²) in [7, 11) is 0. The molecule has 25 heavy (non-hydrogen) atoms. The number of rotatable bonds is 4. The first-order chi connectivity index (χ1) is 11.5. The number of hydrogen-bond donors (Lipinski definition) is 3. The zero-order valence-corrected chi connectivity index (χ0v) is 15.4. The van der Waals surface area contributed by atoms with Crippen LogP contribution in [0.15, 0.2) is 12.1 Å². The highest BCUT2D eigenvalue weighted by molar-refractivity contribution is 6.31. The predicted molar refractivity (Wildman–Crippen MR) is 95.9 cm³/mol. The van der Waals surface area contributed by atoms with Gasteiger partial charge in [0.05, 0.1) is 5.56 Å². The Balaban J connectivity index is 1.94. The van der Waals surface area contributed by atoms with Crippen LogP contribution in [0.5, 0.6) is 0 Å². The van der Waals surface area contributed by atoms with Gasteiger partial charge in [-0.3, -0.25) is 4.90 Å². The van der Waals surface area contributed by atoms with Crippen LogP contribution in [0, 0.1) is 0 Å². The number of aromatic carboxylic acids is 1. The number of likely N-dealkylation sites (tertiary alicyclic amines) is 1. The third-order valence-electron chi connectivity index (χ3n) is 3.84. The standard InChI is InChI=1S/C17H24ClN3O4/c1-17(2,3)25-16(24)20-11-4-5-21(9-11)8-10-6-14(19)12(15(22)23)7-13(10)18/h6-7,11H,4-5,8-9,19H2,1-3H3,(H,20,24)(H,22,23)/t11-/m1/s1. The second-order valence-electron chi connectivity index (χ2n) is 7.20. The van der Waals surface area contributed by atoms with Gasteiger partial charge in [0.2, 0.25) is 0 Å². The van der Waals surface area contributed by atoms with Crippen molar-refractivity contribution in [2.75, 3.05) is 18.8 Å². The van der Waals surface area contributed by atoms with E-state index < -0.39 is 17.7 Å². The van der Waals surface area contributed by atoms with Crippen LogP contribution in [0.4, 0.5) is 10.5 Å². The van der Waals surface area contributed by atoms with Crippen molar-refractivity contribution in [2.45, 2.75) is 45.4 Å². The summed E-state index contributed by atoms with van der Waals surface area (Å²) < 4.78 is 5.26. The lowest BCUT2D eigenvalue weighted by atomic mass is 10.1. The van der Waals surface area contributed by atoms with Crippen molar-refractivity contribution in [1.29, 1.82) is 0 Å². The molecule has 1 amide bonds. The van der Waals surface area contributed by atoms with Crippen LogP contribution >= 0.6 is 11.6 Å². The SMILES string of the molecule is CC(C)(C)OC(=O)N[C@@H]1CCN(Cc2cc(N)c(C(=O)O)cc2Cl)C1. The number of anilines is 1. The number of carboxylic acid groups (broad SMARTS) is 1. The molecule has 7 nitrogen and oxygen atoms in total. The van der Waals surface area contributed by atoms with Gasteiger partial charge in [-0.2, -0.15) is 0 Å². The number of hydrogen-bond acceptors (Lipinski definition) is 5. The van der Waals surface area contributed by atoms with Gasteiger partial charge in [-0.25, -0.2) is 9.59 Å². The molecule has 0 aliphatic carbocycles. The molecule has 1 aromatic rings. The maximum absolute atomic E-state index is 11.8. The number of nitrogens with zero attached hydrogens (tertiary/aromatic N) is 1. The predicted octanol–water partition coefficient (Wildman–Crippen LogP) is 2.72. The number of nitrogens with two attached hydrogens (primary N) is 1. The molecule has 0 radical (unpaired) electrons. The summed E-state index contributed by atoms with van der Waals surface area (Å²) in [6.45, 7) is 7.45. The number of nitrogen functional groups attached to an aromatic ring is 1. The van der Waals surface area contributed by atoms with E-state index >= 15 is 0 Å². The zero-order valence-electron chi connectivity index (χ0n) is 14.6. The minimum Gasteiger partial charge on any atom is -0.478 e. The molecule has 1 aromatic carbocycles. The summed E-state index contributed by atoms with van der Waals surface area (Å²) in [6, 6.07) is 2.98. The average Bonchev–Trinajstić information content (AvgIpc) is 2.87. The lowest BCUT2D eigenvalue weighted by molar-refractivity contribution is 0.0505. The second kappa shape index (κ2) is 7.49. The van der Waals surface area contributed by atoms with Crippen molar-refractivity contribution in [3.63, 3.8) is 0 Å². The second-order valence-corrected chi connectivity index (χ2v) is 7.61. The monoisotopic (exact) mass is 369 g/mol. The fourth-order valence-electron chi connectivity index (χ4n) is 2.75. The van der Waals surface area contributed by atoms with Crippen molar-refractivity contribution in [2.24, 2.45) is 0 Å². The highest BCUT2D eigenvalue weighted by Gasteiger charge is 2.26. The van der Waals surface area contributed by atoms with E-state index in [4.69, 9.17) is 27.2 Å². The number of amides is 1. The summed E-state index contributed by atoms with van der Waals surface area (Å²) in [5, 5.41) is 12.3. The molecule has 0 spiro atoms. The van der Waals surface area contributed by atoms with E-state index in [2.05, 4.69) is 10.2 Å². The Morgan fingerprint density at radius 1 is 1.44 bits per heavy atom. The van der Waals surface area contributed by atoms with Gasteiger partial charge in [0.25, 0.3) is 0 Å². The fraction of sp³-hybridized carbons (Fsp3) is 0.529. The van der Waals surface area contributed by atoms with Gasteiger partial charge >= 0.3 is 12.1 Å². The number of alkyl carbamates (subject to hydrolysis) is 1. The van der Waals surface area contributed by atoms with Crippen molar-refractivity contribution >= 4 is 29.4 Å². The van der Waals surface area contributed by atoms with E-state index in [0.29, 0.717) is 18.1 Å². The van der Waals surface area contributed by atoms with E-state index in [1.807, 2.05) is 20.8 Å². The van der Waals surface area contributed by atoms with Crippen LogP contribution in [0.25, 0.3) is 0 Å². The summed E-state index contributed by atoms with van der Waals surface area (Å²) in [5.74, 6) is -1.10. The van der Waals surface area contributed by atoms with Gasteiger partial charge in [0.1, 0.15) is 5.60 Å². The van der Waals surface area contributed by atoms with Gasteiger partial charge in [-0.1, -0.05) is 11.6 Å². The Labute approximate surface area is 152 Å². The first kappa shape index (κ1) is 19.3. The lowest BCUT2D eigenvalue weighted by Crippen LogP contribution is -2.40. The third kappa shape index (κ3) is 5.51. The number of ether oxygens (including phenoxy) is 1. The zero-order chi connectivity index (χ0) is 18.8. The molecule has 0 aromatic heterocycles. The van der Waals surface area contributed by atoms with E-state index in [1.54, 1.807) is 6.07 Å². The highest BCUT2D eigenvalue weighted by Crippen LogP contribution is 2.26. The van der Waals surface area contributed by atoms with Gasteiger partial charge < -0.3 is 20.9 Å². The van der Waals surface area contributed by atoms with Crippen LogP contribution in [0.2, 0.25) is 5.02 Å². The van der Waals surface area contributed by atoms with E-state index in [0.717, 1.165) is 18.5 Å². The van der Waals surface area contributed by atoms with Crippen molar-refractivity contribution in [3.05, 3.63) is 28.3 Å². The number of carboxylic acids is 1. The quantitative estimate of drug-likeness (QED) is 0.705. The normalized spacial score (nSPS) is 18.2. The third-order valence-corrected chi connectivity index (χ3v) is 4.19. The molecule has 0 bridgehead atoms. The molecule has 2 rings (SSSR count). The Morgan fingerprint density at radius 2 is 2.12 bits per heavy atom. The molecule has 1 aliphatic heterocycles. The van der Waals surface area contributed by atoms with Crippen molar-refractivity contribution in [3.8, 4) is 0 Å². The summed E-state index contributed by atoms with van der Waals surface area (Å²) in [5.41, 5.74) is 6.21. The van der Waals surface area contributed by atoms with Crippen LogP contribution in [-0.4, -0.2) is 46.8 Å². The number of carbonyl (C=O) groups excluding carboxylic acids is 1. The Bertz CT molecular complexity index is 673. The molecular formula is C17H24ClN3O4. The van der Waals surface area contributed by atoms with Gasteiger partial charge in [0, 0.05) is 36.4 Å². The molecule has 1 atom stereocenters. The maximum atomic E-state index is 11.8. The van der Waals surface area contributed by atoms with E-state index in [9.17, 15) is 9.59 Å². The Kier molecular flexibility index (Phi) is 5.80. The summed E-state index contributed by atoms with van der Waals surface area (Å²) in [6.07, 6.45) is 0.381. The smallest absolute Gasteiger partial charge is 0.407 e. The van der Waals surface area contributed by atoms with Crippen molar-refractivity contribution in [1.82, 2.24) is 10.2 Å². The fourth-order valence-corrected chi connectivity index (χ4v) is 2.98. The molecule has 0 saturated carbocycles.